The van der Waals surface area contributed by atoms with Gasteiger partial charge in [0.05, 0.1) is 28.9 Å². The SMILES string of the molecule is CC(C)=CCC/C(C)=C/CN1C(=O)[C@](O)([C@H](C)/C=C/CC(=O)N(CCO)Cc2ccccc2)c2cc(-n3[nH]c4ccccc4c3=O)ccc21. The maximum Gasteiger partial charge on any atom is 0.279 e. The predicted octanol–water partition coefficient (Wildman–Crippen LogP) is 6.15. The number of amides is 2. The van der Waals surface area contributed by atoms with Crippen molar-refractivity contribution in [3.8, 4) is 5.69 Å². The average molecular weight is 663 g/mol. The van der Waals surface area contributed by atoms with Crippen LogP contribution in [-0.2, 0) is 21.7 Å². The number of H-pyrrole nitrogens is 1. The Hall–Kier alpha value is -4.99. The number of anilines is 1. The third-order valence-corrected chi connectivity index (χ3v) is 9.13. The van der Waals surface area contributed by atoms with Crippen LogP contribution < -0.4 is 10.5 Å². The van der Waals surface area contributed by atoms with Crippen molar-refractivity contribution in [2.75, 3.05) is 24.6 Å². The van der Waals surface area contributed by atoms with Gasteiger partial charge in [0.15, 0.2) is 5.60 Å². The molecule has 9 heteroatoms. The summed E-state index contributed by atoms with van der Waals surface area (Å²) in [5.74, 6) is -1.36. The molecule has 1 aliphatic heterocycles. The van der Waals surface area contributed by atoms with Crippen LogP contribution in [0.1, 0.15) is 58.1 Å². The van der Waals surface area contributed by atoms with Crippen LogP contribution in [0.4, 0.5) is 5.69 Å². The minimum atomic E-state index is -1.95. The minimum absolute atomic E-state index is 0.0378. The van der Waals surface area contributed by atoms with Crippen LogP contribution in [0.15, 0.2) is 113 Å². The highest BCUT2D eigenvalue weighted by atomic mass is 16.3. The van der Waals surface area contributed by atoms with E-state index in [1.165, 1.54) is 10.3 Å². The van der Waals surface area contributed by atoms with Crippen molar-refractivity contribution < 1.29 is 19.8 Å². The Bertz CT molecular complexity index is 1950. The van der Waals surface area contributed by atoms with E-state index in [0.717, 1.165) is 24.0 Å². The highest BCUT2D eigenvalue weighted by molar-refractivity contribution is 6.07. The molecule has 9 nitrogen and oxygen atoms in total. The Labute approximate surface area is 287 Å². The third-order valence-electron chi connectivity index (χ3n) is 9.13. The monoisotopic (exact) mass is 662 g/mol. The first-order valence-corrected chi connectivity index (χ1v) is 16.8. The Kier molecular flexibility index (Phi) is 11.2. The second kappa shape index (κ2) is 15.5. The summed E-state index contributed by atoms with van der Waals surface area (Å²) in [4.78, 5) is 43.9. The molecule has 49 heavy (non-hydrogen) atoms. The van der Waals surface area contributed by atoms with E-state index in [0.29, 0.717) is 34.4 Å². The number of rotatable bonds is 14. The third kappa shape index (κ3) is 7.69. The number of hydrogen-bond acceptors (Lipinski definition) is 5. The van der Waals surface area contributed by atoms with Crippen molar-refractivity contribution in [2.24, 2.45) is 5.92 Å². The molecule has 3 aromatic carbocycles. The van der Waals surface area contributed by atoms with E-state index in [-0.39, 0.29) is 37.6 Å². The summed E-state index contributed by atoms with van der Waals surface area (Å²) < 4.78 is 1.42. The fourth-order valence-corrected chi connectivity index (χ4v) is 6.29. The van der Waals surface area contributed by atoms with Crippen LogP contribution >= 0.6 is 0 Å². The summed E-state index contributed by atoms with van der Waals surface area (Å²) in [6.45, 7) is 8.61. The molecule has 0 spiro atoms. The van der Waals surface area contributed by atoms with Gasteiger partial charge in [0, 0.05) is 37.5 Å². The number of fused-ring (bicyclic) bond motifs is 2. The maximum absolute atomic E-state index is 14.2. The van der Waals surface area contributed by atoms with Crippen LogP contribution in [0.25, 0.3) is 16.6 Å². The molecule has 0 aliphatic carbocycles. The van der Waals surface area contributed by atoms with E-state index in [1.54, 1.807) is 59.2 Å². The second-order valence-electron chi connectivity index (χ2n) is 13.0. The molecule has 0 radical (unpaired) electrons. The number of benzene rings is 3. The van der Waals surface area contributed by atoms with Crippen LogP contribution in [0, 0.1) is 5.92 Å². The number of aromatic nitrogens is 2. The van der Waals surface area contributed by atoms with Crippen molar-refractivity contribution in [1.82, 2.24) is 14.7 Å². The summed E-state index contributed by atoms with van der Waals surface area (Å²) >= 11 is 0. The van der Waals surface area contributed by atoms with E-state index < -0.39 is 17.4 Å². The predicted molar refractivity (Wildman–Crippen MR) is 194 cm³/mol. The summed E-state index contributed by atoms with van der Waals surface area (Å²) in [6.07, 6.45) is 9.38. The lowest BCUT2D eigenvalue weighted by molar-refractivity contribution is -0.139. The zero-order valence-electron chi connectivity index (χ0n) is 28.7. The highest BCUT2D eigenvalue weighted by Gasteiger charge is 2.52. The zero-order chi connectivity index (χ0) is 35.1. The maximum atomic E-state index is 14.2. The van der Waals surface area contributed by atoms with Crippen LogP contribution in [0.3, 0.4) is 0 Å². The number of aromatic amines is 1. The van der Waals surface area contributed by atoms with Crippen molar-refractivity contribution in [3.63, 3.8) is 0 Å². The van der Waals surface area contributed by atoms with Gasteiger partial charge in [-0.1, -0.05) is 84.8 Å². The minimum Gasteiger partial charge on any atom is -0.395 e. The number of aliphatic hydroxyl groups excluding tert-OH is 1. The molecule has 5 rings (SSSR count). The zero-order valence-corrected chi connectivity index (χ0v) is 28.7. The molecular formula is C40H46N4O5. The highest BCUT2D eigenvalue weighted by Crippen LogP contribution is 2.46. The summed E-state index contributed by atoms with van der Waals surface area (Å²) in [7, 11) is 0. The Morgan fingerprint density at radius 1 is 1.00 bits per heavy atom. The lowest BCUT2D eigenvalue weighted by Gasteiger charge is -2.28. The van der Waals surface area contributed by atoms with Gasteiger partial charge < -0.3 is 20.0 Å². The largest absolute Gasteiger partial charge is 0.395 e. The van der Waals surface area contributed by atoms with E-state index >= 15 is 0 Å². The van der Waals surface area contributed by atoms with Crippen LogP contribution in [0.5, 0.6) is 0 Å². The lowest BCUT2D eigenvalue weighted by atomic mass is 9.82. The molecule has 2 atom stereocenters. The molecule has 0 fully saturated rings. The average Bonchev–Trinajstić information content (AvgIpc) is 3.54. The smallest absolute Gasteiger partial charge is 0.279 e. The fraction of sp³-hybridized carbons (Fsp3) is 0.325. The Morgan fingerprint density at radius 3 is 2.45 bits per heavy atom. The molecule has 1 aromatic heterocycles. The number of para-hydroxylation sites is 1. The molecule has 2 heterocycles. The van der Waals surface area contributed by atoms with E-state index in [1.807, 2.05) is 55.5 Å². The summed E-state index contributed by atoms with van der Waals surface area (Å²) in [5, 5.41) is 25.6. The number of allylic oxidation sites excluding steroid dienone is 3. The number of nitrogens with one attached hydrogen (secondary N) is 1. The van der Waals surface area contributed by atoms with Gasteiger partial charge in [-0.05, 0) is 69.5 Å². The molecule has 4 aromatic rings. The number of hydrogen-bond donors (Lipinski definition) is 3. The quantitative estimate of drug-likeness (QED) is 0.140. The number of carbonyl (C=O) groups excluding carboxylic acids is 2. The second-order valence-corrected chi connectivity index (χ2v) is 13.0. The molecular weight excluding hydrogens is 616 g/mol. The molecule has 1 aliphatic rings. The van der Waals surface area contributed by atoms with Gasteiger partial charge in [0.1, 0.15) is 0 Å². The van der Waals surface area contributed by atoms with Gasteiger partial charge in [-0.3, -0.25) is 19.5 Å². The van der Waals surface area contributed by atoms with Crippen molar-refractivity contribution >= 4 is 28.4 Å². The molecule has 0 unspecified atom stereocenters. The fourth-order valence-electron chi connectivity index (χ4n) is 6.29. The van der Waals surface area contributed by atoms with E-state index in [4.69, 9.17) is 0 Å². The number of aliphatic hydroxyl groups is 2. The summed E-state index contributed by atoms with van der Waals surface area (Å²) in [6, 6.07) is 22.1. The van der Waals surface area contributed by atoms with E-state index in [2.05, 4.69) is 25.0 Å². The van der Waals surface area contributed by atoms with Gasteiger partial charge in [-0.15, -0.1) is 0 Å². The number of carbonyl (C=O) groups is 2. The molecule has 256 valence electrons. The van der Waals surface area contributed by atoms with Gasteiger partial charge in [-0.25, -0.2) is 4.68 Å². The summed E-state index contributed by atoms with van der Waals surface area (Å²) in [5.41, 5.74) is 3.31. The number of nitrogens with zero attached hydrogens (tertiary/aromatic N) is 3. The molecule has 0 bridgehead atoms. The van der Waals surface area contributed by atoms with Gasteiger partial charge in [0.2, 0.25) is 5.91 Å². The Balaban J connectivity index is 1.44. The van der Waals surface area contributed by atoms with Crippen LogP contribution in [0.2, 0.25) is 0 Å². The lowest BCUT2D eigenvalue weighted by Crippen LogP contribution is -2.44. The first-order chi connectivity index (χ1) is 23.5. The standard InChI is InChI=1S/C40H46N4O5/c1-28(2)12-10-13-29(3)22-23-43-36-21-20-32(44-38(47)33-17-8-9-18-35(33)41-44)26-34(36)40(49,39(43)48)30(4)14-11-19-37(46)42(24-25-45)27-31-15-6-5-7-16-31/h5-9,11-12,14-18,20-22,26,30,41,45,49H,10,13,19,23-25,27H2,1-4H3/b14-11+,29-22+/t30-,40+/m1/s1. The molecule has 3 N–H and O–H groups in total. The first-order valence-electron chi connectivity index (χ1n) is 16.8. The van der Waals surface area contributed by atoms with Gasteiger partial charge in [0.25, 0.3) is 11.5 Å². The van der Waals surface area contributed by atoms with Crippen molar-refractivity contribution in [3.05, 3.63) is 130 Å². The van der Waals surface area contributed by atoms with Gasteiger partial charge >= 0.3 is 0 Å². The topological polar surface area (TPSA) is 119 Å². The molecule has 2 amide bonds. The van der Waals surface area contributed by atoms with Crippen LogP contribution in [-0.4, -0.2) is 56.4 Å². The van der Waals surface area contributed by atoms with Crippen molar-refractivity contribution in [1.29, 1.82) is 0 Å². The molecule has 0 saturated heterocycles. The Morgan fingerprint density at radius 2 is 1.73 bits per heavy atom. The van der Waals surface area contributed by atoms with E-state index in [9.17, 15) is 24.6 Å². The van der Waals surface area contributed by atoms with Crippen molar-refractivity contribution in [2.45, 2.75) is 59.1 Å². The first kappa shape index (κ1) is 35.3. The van der Waals surface area contributed by atoms with Gasteiger partial charge in [-0.2, -0.15) is 0 Å². The molecule has 0 saturated carbocycles. The normalized spacial score (nSPS) is 16.7.